The Hall–Kier alpha value is -4.13. The minimum absolute atomic E-state index is 0.0360. The van der Waals surface area contributed by atoms with Crippen molar-refractivity contribution in [1.82, 2.24) is 9.88 Å². The van der Waals surface area contributed by atoms with Crippen molar-refractivity contribution in [2.24, 2.45) is 7.05 Å². The summed E-state index contributed by atoms with van der Waals surface area (Å²) >= 11 is 0. The van der Waals surface area contributed by atoms with Gasteiger partial charge in [0.15, 0.2) is 0 Å². The van der Waals surface area contributed by atoms with E-state index in [9.17, 15) is 14.9 Å². The summed E-state index contributed by atoms with van der Waals surface area (Å²) in [6, 6.07) is 20.7. The molecular formula is C24H19N3O4. The second-order valence-electron chi connectivity index (χ2n) is 7.45. The first kappa shape index (κ1) is 18.9. The fraction of sp³-hybridized carbons (Fsp3) is 0.125. The number of fused-ring (bicyclic) bond motifs is 4. The molecule has 0 bridgehead atoms. The smallest absolute Gasteiger partial charge is 0.317 e. The first-order chi connectivity index (χ1) is 15.0. The van der Waals surface area contributed by atoms with Gasteiger partial charge in [-0.25, -0.2) is 0 Å². The molecule has 5 rings (SSSR count). The number of nitro groups is 1. The van der Waals surface area contributed by atoms with Gasteiger partial charge in [-0.15, -0.1) is 0 Å². The van der Waals surface area contributed by atoms with Gasteiger partial charge in [-0.05, 0) is 28.5 Å². The molecule has 1 aliphatic heterocycles. The average Bonchev–Trinajstić information content (AvgIpc) is 2.80. The zero-order chi connectivity index (χ0) is 21.7. The average molecular weight is 413 g/mol. The second-order valence-corrected chi connectivity index (χ2v) is 7.45. The molecule has 31 heavy (non-hydrogen) atoms. The minimum atomic E-state index is -0.893. The fourth-order valence-electron chi connectivity index (χ4n) is 4.45. The van der Waals surface area contributed by atoms with E-state index in [1.165, 1.54) is 4.57 Å². The van der Waals surface area contributed by atoms with Crippen LogP contribution in [0.4, 0.5) is 0 Å². The van der Waals surface area contributed by atoms with Crippen molar-refractivity contribution in [3.05, 3.63) is 110 Å². The number of benzene rings is 3. The molecule has 4 aromatic rings. The first-order valence-corrected chi connectivity index (χ1v) is 9.86. The molecule has 7 nitrogen and oxygen atoms in total. The summed E-state index contributed by atoms with van der Waals surface area (Å²) in [6.45, 7) is 0. The van der Waals surface area contributed by atoms with E-state index < -0.39 is 10.8 Å². The number of ether oxygens (including phenoxy) is 1. The predicted octanol–water partition coefficient (Wildman–Crippen LogP) is 3.88. The number of nitrogens with one attached hydrogen (secondary N) is 1. The quantitative estimate of drug-likeness (QED) is 0.407. The van der Waals surface area contributed by atoms with E-state index in [1.807, 2.05) is 66.7 Å². The number of rotatable bonds is 3. The lowest BCUT2D eigenvalue weighted by atomic mass is 9.84. The zero-order valence-electron chi connectivity index (χ0n) is 17.0. The standard InChI is InChI=1S/C24H19N3O4/c1-25-23-21(27(29)30)19(16-12-7-9-14-8-3-4-10-15(14)16)20-22(31-23)17-11-5-6-13-18(17)26(2)24(20)28/h3-13,19,25H,1-2H3. The topological polar surface area (TPSA) is 86.4 Å². The molecule has 1 N–H and O–H groups in total. The number of para-hydroxylation sites is 1. The molecule has 0 fully saturated rings. The van der Waals surface area contributed by atoms with Crippen LogP contribution in [0.2, 0.25) is 0 Å². The predicted molar refractivity (Wildman–Crippen MR) is 119 cm³/mol. The van der Waals surface area contributed by atoms with Crippen molar-refractivity contribution in [1.29, 1.82) is 0 Å². The normalized spacial score (nSPS) is 15.6. The van der Waals surface area contributed by atoms with Crippen LogP contribution in [0.15, 0.2) is 83.1 Å². The maximum atomic E-state index is 13.5. The van der Waals surface area contributed by atoms with E-state index in [2.05, 4.69) is 5.32 Å². The van der Waals surface area contributed by atoms with Crippen molar-refractivity contribution in [2.45, 2.75) is 5.92 Å². The summed E-state index contributed by atoms with van der Waals surface area (Å²) in [5, 5.41) is 17.6. The molecule has 1 aliphatic rings. The Morgan fingerprint density at radius 2 is 1.68 bits per heavy atom. The number of aromatic nitrogens is 1. The van der Waals surface area contributed by atoms with Gasteiger partial charge in [-0.2, -0.15) is 0 Å². The largest absolute Gasteiger partial charge is 0.434 e. The molecule has 0 spiro atoms. The van der Waals surface area contributed by atoms with E-state index in [0.29, 0.717) is 16.8 Å². The molecular weight excluding hydrogens is 394 g/mol. The first-order valence-electron chi connectivity index (χ1n) is 9.86. The van der Waals surface area contributed by atoms with Gasteiger partial charge in [-0.1, -0.05) is 54.6 Å². The van der Waals surface area contributed by atoms with Gasteiger partial charge in [0.25, 0.3) is 11.4 Å². The van der Waals surface area contributed by atoms with Crippen LogP contribution in [-0.2, 0) is 7.05 Å². The number of nitrogens with zero attached hydrogens (tertiary/aromatic N) is 2. The summed E-state index contributed by atoms with van der Waals surface area (Å²) in [6.07, 6.45) is 0. The number of allylic oxidation sites excluding steroid dienone is 1. The lowest BCUT2D eigenvalue weighted by Crippen LogP contribution is -2.34. The van der Waals surface area contributed by atoms with Crippen molar-refractivity contribution in [2.75, 3.05) is 7.05 Å². The molecule has 0 saturated heterocycles. The number of aryl methyl sites for hydroxylation is 1. The summed E-state index contributed by atoms with van der Waals surface area (Å²) in [7, 11) is 3.25. The lowest BCUT2D eigenvalue weighted by Gasteiger charge is -2.27. The van der Waals surface area contributed by atoms with Crippen molar-refractivity contribution in [3.63, 3.8) is 0 Å². The molecule has 0 saturated carbocycles. The van der Waals surface area contributed by atoms with E-state index in [4.69, 9.17) is 4.74 Å². The maximum Gasteiger partial charge on any atom is 0.317 e. The summed E-state index contributed by atoms with van der Waals surface area (Å²) in [5.41, 5.74) is 1.15. The molecule has 1 unspecified atom stereocenters. The Kier molecular flexibility index (Phi) is 4.25. The van der Waals surface area contributed by atoms with Crippen LogP contribution < -0.4 is 15.6 Å². The fourth-order valence-corrected chi connectivity index (χ4v) is 4.45. The Bertz CT molecular complexity index is 1460. The molecule has 0 aliphatic carbocycles. The van der Waals surface area contributed by atoms with Crippen LogP contribution in [0.5, 0.6) is 5.75 Å². The number of hydrogen-bond acceptors (Lipinski definition) is 5. The highest BCUT2D eigenvalue weighted by Crippen LogP contribution is 2.45. The highest BCUT2D eigenvalue weighted by atomic mass is 16.6. The van der Waals surface area contributed by atoms with Crippen molar-refractivity contribution in [3.8, 4) is 5.75 Å². The van der Waals surface area contributed by atoms with Gasteiger partial charge in [0, 0.05) is 19.5 Å². The number of hydrogen-bond donors (Lipinski definition) is 1. The van der Waals surface area contributed by atoms with E-state index in [1.54, 1.807) is 14.1 Å². The van der Waals surface area contributed by atoms with Crippen molar-refractivity contribution < 1.29 is 9.66 Å². The maximum absolute atomic E-state index is 13.5. The Morgan fingerprint density at radius 1 is 1.00 bits per heavy atom. The van der Waals surface area contributed by atoms with E-state index >= 15 is 0 Å². The molecule has 1 atom stereocenters. The molecule has 0 radical (unpaired) electrons. The molecule has 2 heterocycles. The minimum Gasteiger partial charge on any atom is -0.434 e. The lowest BCUT2D eigenvalue weighted by molar-refractivity contribution is -0.432. The van der Waals surface area contributed by atoms with Gasteiger partial charge in [0.2, 0.25) is 0 Å². The molecule has 1 aromatic heterocycles. The summed E-state index contributed by atoms with van der Waals surface area (Å²) in [4.78, 5) is 25.3. The third-order valence-electron chi connectivity index (χ3n) is 5.85. The van der Waals surface area contributed by atoms with Crippen LogP contribution in [0, 0.1) is 10.1 Å². The zero-order valence-corrected chi connectivity index (χ0v) is 17.0. The Balaban J connectivity index is 1.96. The van der Waals surface area contributed by atoms with Gasteiger partial charge in [0.1, 0.15) is 11.7 Å². The molecule has 154 valence electrons. The van der Waals surface area contributed by atoms with Crippen LogP contribution >= 0.6 is 0 Å². The van der Waals surface area contributed by atoms with E-state index in [-0.39, 0.29) is 22.7 Å². The highest BCUT2D eigenvalue weighted by molar-refractivity contribution is 5.90. The van der Waals surface area contributed by atoms with Gasteiger partial charge in [-0.3, -0.25) is 14.9 Å². The molecule has 0 amide bonds. The van der Waals surface area contributed by atoms with Crippen LogP contribution in [0.25, 0.3) is 21.7 Å². The second kappa shape index (κ2) is 6.98. The molecule has 7 heteroatoms. The number of pyridine rings is 1. The van der Waals surface area contributed by atoms with Crippen LogP contribution in [-0.4, -0.2) is 16.5 Å². The monoisotopic (exact) mass is 413 g/mol. The van der Waals surface area contributed by atoms with E-state index in [0.717, 1.165) is 16.2 Å². The highest BCUT2D eigenvalue weighted by Gasteiger charge is 2.43. The van der Waals surface area contributed by atoms with Gasteiger partial charge < -0.3 is 14.6 Å². The van der Waals surface area contributed by atoms with Crippen LogP contribution in [0.1, 0.15) is 17.0 Å². The Morgan fingerprint density at radius 3 is 2.42 bits per heavy atom. The van der Waals surface area contributed by atoms with Gasteiger partial charge >= 0.3 is 5.70 Å². The van der Waals surface area contributed by atoms with Gasteiger partial charge in [0.05, 0.1) is 16.0 Å². The third-order valence-corrected chi connectivity index (χ3v) is 5.85. The summed E-state index contributed by atoms with van der Waals surface area (Å²) in [5.74, 6) is -0.504. The Labute approximate surface area is 177 Å². The van der Waals surface area contributed by atoms with Crippen LogP contribution in [0.3, 0.4) is 0 Å². The SMILES string of the molecule is CNC1=C([N+](=O)[O-])C(c2cccc3ccccc23)c2c(c3ccccc3n(C)c2=O)O1. The third kappa shape index (κ3) is 2.70. The summed E-state index contributed by atoms with van der Waals surface area (Å²) < 4.78 is 7.51. The van der Waals surface area contributed by atoms with Crippen molar-refractivity contribution >= 4 is 21.7 Å². The molecule has 3 aromatic carbocycles.